The van der Waals surface area contributed by atoms with E-state index in [1.165, 1.54) is 0 Å². The zero-order chi connectivity index (χ0) is 31.7. The van der Waals surface area contributed by atoms with Gasteiger partial charge in [-0.05, 0) is 25.8 Å². The highest BCUT2D eigenvalue weighted by Gasteiger charge is 2.37. The molecule has 0 bridgehead atoms. The summed E-state index contributed by atoms with van der Waals surface area (Å²) in [7, 11) is 3.15. The molecule has 2 aromatic heterocycles. The van der Waals surface area contributed by atoms with Crippen molar-refractivity contribution in [2.45, 2.75) is 32.0 Å². The summed E-state index contributed by atoms with van der Waals surface area (Å²) in [6.45, 7) is 5.99. The topological polar surface area (TPSA) is 117 Å². The number of likely N-dealkylation sites (tertiary alicyclic amines) is 2. The van der Waals surface area contributed by atoms with Gasteiger partial charge in [0.1, 0.15) is 11.4 Å². The van der Waals surface area contributed by atoms with E-state index in [0.717, 1.165) is 36.3 Å². The van der Waals surface area contributed by atoms with Crippen molar-refractivity contribution in [3.8, 4) is 45.4 Å². The van der Waals surface area contributed by atoms with Gasteiger partial charge in [0.15, 0.2) is 0 Å². The highest BCUT2D eigenvalue weighted by molar-refractivity contribution is 6.39. The number of aliphatic hydroxyl groups is 2. The average molecular weight is 652 g/mol. The molecule has 45 heavy (non-hydrogen) atoms. The van der Waals surface area contributed by atoms with Crippen molar-refractivity contribution in [1.82, 2.24) is 29.7 Å². The van der Waals surface area contributed by atoms with E-state index in [2.05, 4.69) is 14.8 Å². The molecule has 4 heterocycles. The largest absolute Gasteiger partial charge is 0.480 e. The number of hydrogen-bond acceptors (Lipinski definition) is 10. The van der Waals surface area contributed by atoms with Gasteiger partial charge in [0.2, 0.25) is 11.8 Å². The Morgan fingerprint density at radius 2 is 1.31 bits per heavy atom. The van der Waals surface area contributed by atoms with Gasteiger partial charge >= 0.3 is 0 Å². The van der Waals surface area contributed by atoms with Crippen LogP contribution in [0.15, 0.2) is 48.8 Å². The minimum atomic E-state index is -0.672. The maximum Gasteiger partial charge on any atom is 0.237 e. The van der Waals surface area contributed by atoms with E-state index >= 15 is 0 Å². The van der Waals surface area contributed by atoms with Crippen molar-refractivity contribution in [2.24, 2.45) is 5.92 Å². The van der Waals surface area contributed by atoms with E-state index in [-0.39, 0.29) is 6.61 Å². The first-order valence-electron chi connectivity index (χ1n) is 14.9. The maximum atomic E-state index is 10.1. The highest BCUT2D eigenvalue weighted by Crippen LogP contribution is 2.42. The van der Waals surface area contributed by atoms with Crippen LogP contribution in [-0.2, 0) is 13.1 Å². The van der Waals surface area contributed by atoms with Crippen LogP contribution in [0, 0.1) is 5.92 Å². The second-order valence-corrected chi connectivity index (χ2v) is 12.7. The van der Waals surface area contributed by atoms with Gasteiger partial charge in [-0.2, -0.15) is 0 Å². The van der Waals surface area contributed by atoms with E-state index in [1.807, 2.05) is 43.3 Å². The summed E-state index contributed by atoms with van der Waals surface area (Å²) in [6, 6.07) is 11.4. The lowest BCUT2D eigenvalue weighted by Gasteiger charge is -2.44. The lowest BCUT2D eigenvalue weighted by molar-refractivity contribution is -0.0878. The second-order valence-electron chi connectivity index (χ2n) is 12.0. The normalized spacial score (nSPS) is 18.2. The molecule has 0 spiro atoms. The highest BCUT2D eigenvalue weighted by atomic mass is 35.5. The van der Waals surface area contributed by atoms with Crippen LogP contribution in [0.3, 0.4) is 0 Å². The van der Waals surface area contributed by atoms with E-state index in [0.29, 0.717) is 82.1 Å². The zero-order valence-corrected chi connectivity index (χ0v) is 27.0. The SMILES string of the molecule is COc1nc(-c2cccc(-c3cccc(-c4cnc(CN5CC(C)(O)C5)c(OC)n4)c3Cl)c2Cl)cnc1CN1CC[C@@H](CO)C1. The van der Waals surface area contributed by atoms with Gasteiger partial charge in [0, 0.05) is 61.6 Å². The number of aromatic nitrogens is 4. The van der Waals surface area contributed by atoms with Crippen LogP contribution in [0.1, 0.15) is 24.7 Å². The van der Waals surface area contributed by atoms with Crippen LogP contribution < -0.4 is 9.47 Å². The number of aliphatic hydroxyl groups excluding tert-OH is 1. The molecule has 6 rings (SSSR count). The van der Waals surface area contributed by atoms with Gasteiger partial charge in [-0.25, -0.2) is 9.97 Å². The predicted octanol–water partition coefficient (Wildman–Crippen LogP) is 4.97. The fourth-order valence-electron chi connectivity index (χ4n) is 6.13. The van der Waals surface area contributed by atoms with Crippen molar-refractivity contribution in [2.75, 3.05) is 47.0 Å². The Kier molecular flexibility index (Phi) is 9.24. The number of halogens is 2. The molecule has 2 aliphatic rings. The summed E-state index contributed by atoms with van der Waals surface area (Å²) in [5.41, 5.74) is 4.77. The summed E-state index contributed by atoms with van der Waals surface area (Å²) in [6.07, 6.45) is 4.37. The third kappa shape index (κ3) is 6.63. The van der Waals surface area contributed by atoms with E-state index in [1.54, 1.807) is 26.6 Å². The molecule has 12 heteroatoms. The van der Waals surface area contributed by atoms with E-state index < -0.39 is 5.60 Å². The standard InChI is InChI=1S/C33H36Cl2N6O4/c1-33(43)18-41(19-33)16-28-32(45-3)39-26(13-37-28)24-9-5-7-22(30(24)35)21-6-4-8-23(29(21)34)25-12-36-27(31(38-25)44-2)15-40-11-10-20(14-40)17-42/h4-9,12-13,20,42-43H,10-11,14-19H2,1-3H3/t20-/m1/s1. The smallest absolute Gasteiger partial charge is 0.237 e. The van der Waals surface area contributed by atoms with Crippen molar-refractivity contribution in [3.63, 3.8) is 0 Å². The van der Waals surface area contributed by atoms with Gasteiger partial charge < -0.3 is 19.7 Å². The summed E-state index contributed by atoms with van der Waals surface area (Å²) in [5, 5.41) is 20.5. The Morgan fingerprint density at radius 3 is 1.76 bits per heavy atom. The molecular formula is C33H36Cl2N6O4. The summed E-state index contributed by atoms with van der Waals surface area (Å²) >= 11 is 14.1. The summed E-state index contributed by atoms with van der Waals surface area (Å²) < 4.78 is 11.2. The van der Waals surface area contributed by atoms with Gasteiger partial charge in [-0.15, -0.1) is 0 Å². The number of nitrogens with zero attached hydrogens (tertiary/aromatic N) is 6. The first-order valence-corrected chi connectivity index (χ1v) is 15.6. The van der Waals surface area contributed by atoms with Crippen LogP contribution in [0.2, 0.25) is 10.0 Å². The molecule has 0 saturated carbocycles. The van der Waals surface area contributed by atoms with Crippen LogP contribution in [0.5, 0.6) is 11.8 Å². The van der Waals surface area contributed by atoms with E-state index in [9.17, 15) is 10.2 Å². The van der Waals surface area contributed by atoms with Crippen LogP contribution >= 0.6 is 23.2 Å². The molecule has 2 saturated heterocycles. The third-order valence-corrected chi connectivity index (χ3v) is 9.17. The van der Waals surface area contributed by atoms with Gasteiger partial charge in [0.25, 0.3) is 0 Å². The number of hydrogen-bond donors (Lipinski definition) is 2. The molecule has 4 aromatic rings. The lowest BCUT2D eigenvalue weighted by atomic mass is 9.97. The summed E-state index contributed by atoms with van der Waals surface area (Å²) in [4.78, 5) is 23.2. The average Bonchev–Trinajstić information content (AvgIpc) is 3.49. The van der Waals surface area contributed by atoms with Gasteiger partial charge in [-0.1, -0.05) is 59.6 Å². The molecule has 0 amide bonds. The van der Waals surface area contributed by atoms with Crippen molar-refractivity contribution >= 4 is 23.2 Å². The number of rotatable bonds is 10. The van der Waals surface area contributed by atoms with Gasteiger partial charge in [0.05, 0.1) is 53.6 Å². The first-order chi connectivity index (χ1) is 21.7. The van der Waals surface area contributed by atoms with Crippen molar-refractivity contribution in [3.05, 3.63) is 70.2 Å². The monoisotopic (exact) mass is 650 g/mol. The number of benzene rings is 2. The number of ether oxygens (including phenoxy) is 2. The first kappa shape index (κ1) is 31.6. The molecule has 2 aliphatic heterocycles. The van der Waals surface area contributed by atoms with Gasteiger partial charge in [-0.3, -0.25) is 19.8 Å². The molecule has 2 fully saturated rings. The number of methoxy groups -OCH3 is 2. The quantitative estimate of drug-likeness (QED) is 0.244. The Morgan fingerprint density at radius 1 is 0.822 bits per heavy atom. The number of β-amino-alcohol motifs (C(OH)–C–C–N with tert-alkyl or cyclic N) is 1. The third-order valence-electron chi connectivity index (χ3n) is 8.35. The minimum absolute atomic E-state index is 0.193. The van der Waals surface area contributed by atoms with Crippen molar-refractivity contribution < 1.29 is 19.7 Å². The maximum absolute atomic E-state index is 10.1. The Bertz CT molecular complexity index is 1700. The van der Waals surface area contributed by atoms with E-state index in [4.69, 9.17) is 47.6 Å². The Hall–Kier alpha value is -3.38. The fraction of sp³-hybridized carbons (Fsp3) is 0.394. The van der Waals surface area contributed by atoms with Crippen molar-refractivity contribution in [1.29, 1.82) is 0 Å². The second kappa shape index (κ2) is 13.2. The minimum Gasteiger partial charge on any atom is -0.480 e. The van der Waals surface area contributed by atoms with Crippen LogP contribution in [0.4, 0.5) is 0 Å². The Labute approximate surface area is 272 Å². The van der Waals surface area contributed by atoms with Crippen LogP contribution in [0.25, 0.3) is 33.6 Å². The molecule has 1 atom stereocenters. The lowest BCUT2D eigenvalue weighted by Crippen LogP contribution is -2.59. The molecule has 0 radical (unpaired) electrons. The zero-order valence-electron chi connectivity index (χ0n) is 25.5. The van der Waals surface area contributed by atoms with Crippen LogP contribution in [-0.4, -0.2) is 92.6 Å². The molecule has 10 nitrogen and oxygen atoms in total. The molecule has 0 unspecified atom stereocenters. The molecule has 0 aliphatic carbocycles. The molecule has 236 valence electrons. The predicted molar refractivity (Wildman–Crippen MR) is 173 cm³/mol. The molecular weight excluding hydrogens is 615 g/mol. The molecule has 2 N–H and O–H groups in total. The molecule has 2 aromatic carbocycles. The summed E-state index contributed by atoms with van der Waals surface area (Å²) in [5.74, 6) is 1.14. The fourth-order valence-corrected chi connectivity index (χ4v) is 6.78. The Balaban J connectivity index is 1.28.